The third-order valence-electron chi connectivity index (χ3n) is 4.85. The van der Waals surface area contributed by atoms with Gasteiger partial charge in [-0.3, -0.25) is 28.8 Å². The number of ether oxygens (including phenoxy) is 6. The van der Waals surface area contributed by atoms with Crippen LogP contribution < -0.4 is 0 Å². The lowest BCUT2D eigenvalue weighted by Crippen LogP contribution is -2.51. The monoisotopic (exact) mass is 504 g/mol. The lowest BCUT2D eigenvalue weighted by molar-refractivity contribution is -0.184. The summed E-state index contributed by atoms with van der Waals surface area (Å²) in [5.41, 5.74) is -5.07. The van der Waals surface area contributed by atoms with Crippen molar-refractivity contribution >= 4 is 35.8 Å². The molecular formula is C23H36O12. The predicted molar refractivity (Wildman–Crippen MR) is 119 cm³/mol. The number of carbonyl (C=O) groups is 6. The Bertz CT molecular complexity index is 605. The Kier molecular flexibility index (Phi) is 14.2. The molecule has 0 aliphatic heterocycles. The smallest absolute Gasteiger partial charge is 0.335 e. The molecular weight excluding hydrogens is 468 g/mol. The summed E-state index contributed by atoms with van der Waals surface area (Å²) in [6.07, 6.45) is -1.56. The maximum absolute atomic E-state index is 12.9. The molecule has 0 saturated heterocycles. The van der Waals surface area contributed by atoms with Gasteiger partial charge in [0, 0.05) is 0 Å². The topological polar surface area (TPSA) is 158 Å². The van der Waals surface area contributed by atoms with Crippen LogP contribution in [0.15, 0.2) is 0 Å². The van der Waals surface area contributed by atoms with Gasteiger partial charge in [0.25, 0.3) is 10.8 Å². The van der Waals surface area contributed by atoms with Crippen LogP contribution in [0.1, 0.15) is 60.8 Å². The van der Waals surface area contributed by atoms with Crippen molar-refractivity contribution in [1.82, 2.24) is 0 Å². The van der Waals surface area contributed by atoms with Crippen molar-refractivity contribution in [1.29, 1.82) is 0 Å². The summed E-state index contributed by atoms with van der Waals surface area (Å²) < 4.78 is 29.8. The average Bonchev–Trinajstić information content (AvgIpc) is 2.80. The van der Waals surface area contributed by atoms with Crippen LogP contribution in [0.3, 0.4) is 0 Å². The summed E-state index contributed by atoms with van der Waals surface area (Å²) in [6.45, 7) is 7.94. The van der Waals surface area contributed by atoms with Crippen LogP contribution in [0.4, 0.5) is 0 Å². The molecule has 0 aliphatic rings. The molecule has 35 heavy (non-hydrogen) atoms. The Hall–Kier alpha value is -3.18. The SMILES string of the molecule is CCOC(=O)C(CCCC(C(=O)OCC)(C(=O)OCC)C(=O)OCC)(C(=O)OCC)C(=O)OCC. The maximum atomic E-state index is 12.9. The molecule has 0 atom stereocenters. The Morgan fingerprint density at radius 2 is 0.571 bits per heavy atom. The fourth-order valence-electron chi connectivity index (χ4n) is 3.26. The summed E-state index contributed by atoms with van der Waals surface area (Å²) in [4.78, 5) is 77.2. The van der Waals surface area contributed by atoms with Crippen LogP contribution >= 0.6 is 0 Å². The van der Waals surface area contributed by atoms with E-state index in [4.69, 9.17) is 28.4 Å². The molecule has 0 aromatic carbocycles. The molecule has 0 bridgehead atoms. The third kappa shape index (κ3) is 7.40. The molecule has 0 heterocycles. The number of hydrogen-bond donors (Lipinski definition) is 0. The molecule has 200 valence electrons. The first-order valence-electron chi connectivity index (χ1n) is 11.6. The first kappa shape index (κ1) is 31.8. The summed E-state index contributed by atoms with van der Waals surface area (Å²) in [6, 6.07) is 0. The molecule has 0 radical (unpaired) electrons. The standard InChI is InChI=1S/C23H36O12/c1-7-30-16(24)22(17(25)31-8-2,18(26)32-9-3)14-13-15-23(19(27)33-10-4,20(28)34-11-5)21(29)35-12-6/h7-15H2,1-6H3. The zero-order chi connectivity index (χ0) is 27.1. The van der Waals surface area contributed by atoms with Crippen molar-refractivity contribution in [2.45, 2.75) is 60.8 Å². The van der Waals surface area contributed by atoms with E-state index in [0.29, 0.717) is 0 Å². The van der Waals surface area contributed by atoms with E-state index in [-0.39, 0.29) is 46.1 Å². The van der Waals surface area contributed by atoms with Crippen LogP contribution in [0.25, 0.3) is 0 Å². The van der Waals surface area contributed by atoms with E-state index in [9.17, 15) is 28.8 Å². The first-order chi connectivity index (χ1) is 16.6. The number of rotatable bonds is 16. The van der Waals surface area contributed by atoms with Gasteiger partial charge in [0.05, 0.1) is 39.6 Å². The van der Waals surface area contributed by atoms with Crippen LogP contribution in [0.5, 0.6) is 0 Å². The van der Waals surface area contributed by atoms with Gasteiger partial charge in [-0.15, -0.1) is 0 Å². The van der Waals surface area contributed by atoms with Crippen molar-refractivity contribution in [3.05, 3.63) is 0 Å². The van der Waals surface area contributed by atoms with Gasteiger partial charge in [0.2, 0.25) is 0 Å². The number of hydrogen-bond acceptors (Lipinski definition) is 12. The minimum Gasteiger partial charge on any atom is -0.465 e. The molecule has 0 spiro atoms. The van der Waals surface area contributed by atoms with Gasteiger partial charge >= 0.3 is 35.8 Å². The fraction of sp³-hybridized carbons (Fsp3) is 0.739. The highest BCUT2D eigenvalue weighted by molar-refractivity contribution is 6.19. The predicted octanol–water partition coefficient (Wildman–Crippen LogP) is 1.51. The third-order valence-corrected chi connectivity index (χ3v) is 4.85. The van der Waals surface area contributed by atoms with Gasteiger partial charge in [0.15, 0.2) is 0 Å². The molecule has 0 aliphatic carbocycles. The molecule has 12 nitrogen and oxygen atoms in total. The van der Waals surface area contributed by atoms with Crippen molar-refractivity contribution in [3.8, 4) is 0 Å². The Balaban J connectivity index is 6.51. The first-order valence-corrected chi connectivity index (χ1v) is 11.6. The van der Waals surface area contributed by atoms with Gasteiger partial charge in [-0.25, -0.2) is 0 Å². The van der Waals surface area contributed by atoms with Crippen LogP contribution in [0.2, 0.25) is 0 Å². The molecule has 0 N–H and O–H groups in total. The molecule has 0 amide bonds. The lowest BCUT2D eigenvalue weighted by atomic mass is 9.77. The molecule has 0 fully saturated rings. The summed E-state index contributed by atoms with van der Waals surface area (Å²) in [5, 5.41) is 0. The average molecular weight is 505 g/mol. The number of esters is 6. The number of carbonyl (C=O) groups excluding carboxylic acids is 6. The highest BCUT2D eigenvalue weighted by Gasteiger charge is 2.60. The zero-order valence-corrected chi connectivity index (χ0v) is 21.3. The molecule has 0 aromatic rings. The second kappa shape index (κ2) is 15.7. The minimum atomic E-state index is -2.54. The van der Waals surface area contributed by atoms with E-state index in [0.717, 1.165) is 0 Å². The van der Waals surface area contributed by atoms with Gasteiger partial charge in [-0.1, -0.05) is 0 Å². The zero-order valence-electron chi connectivity index (χ0n) is 21.3. The quantitative estimate of drug-likeness (QED) is 0.170. The second-order valence-corrected chi connectivity index (χ2v) is 6.99. The van der Waals surface area contributed by atoms with E-state index >= 15 is 0 Å². The lowest BCUT2D eigenvalue weighted by Gasteiger charge is -2.30. The molecule has 0 unspecified atom stereocenters. The van der Waals surface area contributed by atoms with Crippen molar-refractivity contribution in [3.63, 3.8) is 0 Å². The molecule has 0 rings (SSSR count). The summed E-state index contributed by atoms with van der Waals surface area (Å²) >= 11 is 0. The second-order valence-electron chi connectivity index (χ2n) is 6.99. The maximum Gasteiger partial charge on any atom is 0.335 e. The van der Waals surface area contributed by atoms with Crippen molar-refractivity contribution < 1.29 is 57.2 Å². The van der Waals surface area contributed by atoms with E-state index in [1.165, 1.54) is 41.5 Å². The van der Waals surface area contributed by atoms with Crippen LogP contribution in [0, 0.1) is 10.8 Å². The molecule has 12 heteroatoms. The van der Waals surface area contributed by atoms with Gasteiger partial charge in [-0.05, 0) is 60.8 Å². The summed E-state index contributed by atoms with van der Waals surface area (Å²) in [7, 11) is 0. The Labute approximate surface area is 204 Å². The Morgan fingerprint density at radius 1 is 0.400 bits per heavy atom. The van der Waals surface area contributed by atoms with E-state index in [1.807, 2.05) is 0 Å². The highest BCUT2D eigenvalue weighted by atomic mass is 16.6. The van der Waals surface area contributed by atoms with E-state index in [1.54, 1.807) is 0 Å². The van der Waals surface area contributed by atoms with Gasteiger partial charge in [0.1, 0.15) is 0 Å². The van der Waals surface area contributed by atoms with Gasteiger partial charge < -0.3 is 28.4 Å². The normalized spacial score (nSPS) is 11.1. The molecule has 0 aromatic heterocycles. The molecule has 0 saturated carbocycles. The van der Waals surface area contributed by atoms with Crippen LogP contribution in [-0.4, -0.2) is 75.5 Å². The summed E-state index contributed by atoms with van der Waals surface area (Å²) in [5.74, 6) is -7.30. The highest BCUT2D eigenvalue weighted by Crippen LogP contribution is 2.36. The largest absolute Gasteiger partial charge is 0.465 e. The van der Waals surface area contributed by atoms with Crippen molar-refractivity contribution in [2.24, 2.45) is 10.8 Å². The van der Waals surface area contributed by atoms with Crippen molar-refractivity contribution in [2.75, 3.05) is 39.6 Å². The van der Waals surface area contributed by atoms with E-state index < -0.39 is 59.5 Å². The fourth-order valence-corrected chi connectivity index (χ4v) is 3.26. The van der Waals surface area contributed by atoms with Gasteiger partial charge in [-0.2, -0.15) is 0 Å². The van der Waals surface area contributed by atoms with Crippen LogP contribution in [-0.2, 0) is 57.2 Å². The van der Waals surface area contributed by atoms with E-state index in [2.05, 4.69) is 0 Å². The minimum absolute atomic E-state index is 0.155. The Morgan fingerprint density at radius 3 is 0.714 bits per heavy atom.